The van der Waals surface area contributed by atoms with Gasteiger partial charge in [-0.05, 0) is 68.8 Å². The van der Waals surface area contributed by atoms with Crippen molar-refractivity contribution in [2.45, 2.75) is 25.7 Å². The molecule has 8 heteroatoms. The predicted molar refractivity (Wildman–Crippen MR) is 114 cm³/mol. The van der Waals surface area contributed by atoms with E-state index < -0.39 is 16.0 Å². The highest BCUT2D eigenvalue weighted by molar-refractivity contribution is 7.89. The van der Waals surface area contributed by atoms with Gasteiger partial charge in [-0.3, -0.25) is 0 Å². The number of rotatable bonds is 7. The summed E-state index contributed by atoms with van der Waals surface area (Å²) < 4.78 is 35.4. The van der Waals surface area contributed by atoms with Crippen molar-refractivity contribution >= 4 is 16.0 Å². The molecule has 2 aromatic carbocycles. The minimum Gasteiger partial charge on any atom is -0.490 e. The van der Waals surface area contributed by atoms with Crippen LogP contribution in [0.5, 0.6) is 5.75 Å². The zero-order valence-corrected chi connectivity index (χ0v) is 17.9. The first kappa shape index (κ1) is 21.6. The maximum Gasteiger partial charge on any atom is 0.340 e. The molecule has 1 aromatic heterocycles. The van der Waals surface area contributed by atoms with Gasteiger partial charge in [0.15, 0.2) is 0 Å². The predicted octanol–water partition coefficient (Wildman–Crippen LogP) is 3.29. The number of sulfonamides is 1. The molecule has 0 radical (unpaired) electrons. The van der Waals surface area contributed by atoms with Crippen molar-refractivity contribution in [2.75, 3.05) is 13.2 Å². The number of esters is 1. The molecule has 158 valence electrons. The van der Waals surface area contributed by atoms with Gasteiger partial charge >= 0.3 is 5.97 Å². The first-order chi connectivity index (χ1) is 14.2. The first-order valence-electron chi connectivity index (χ1n) is 9.35. The zero-order chi connectivity index (χ0) is 21.9. The average molecular weight is 429 g/mol. The number of nitrogens with two attached hydrogens (primary N) is 1. The van der Waals surface area contributed by atoms with Gasteiger partial charge in [0.25, 0.3) is 0 Å². The van der Waals surface area contributed by atoms with E-state index in [1.54, 1.807) is 0 Å². The number of ether oxygens (including phenoxy) is 2. The molecule has 7 nitrogen and oxygen atoms in total. The summed E-state index contributed by atoms with van der Waals surface area (Å²) in [5, 5.41) is 5.06. The Labute approximate surface area is 176 Å². The molecular weight excluding hydrogens is 404 g/mol. The van der Waals surface area contributed by atoms with E-state index in [0.717, 1.165) is 22.6 Å². The Morgan fingerprint density at radius 3 is 2.33 bits per heavy atom. The van der Waals surface area contributed by atoms with Gasteiger partial charge in [0, 0.05) is 17.1 Å². The molecule has 0 saturated carbocycles. The van der Waals surface area contributed by atoms with E-state index in [-0.39, 0.29) is 18.1 Å². The van der Waals surface area contributed by atoms with Crippen LogP contribution in [0, 0.1) is 20.8 Å². The molecule has 0 spiro atoms. The normalized spacial score (nSPS) is 11.3. The van der Waals surface area contributed by atoms with Crippen molar-refractivity contribution < 1.29 is 22.7 Å². The monoisotopic (exact) mass is 428 g/mol. The average Bonchev–Trinajstić information content (AvgIpc) is 2.99. The van der Waals surface area contributed by atoms with E-state index in [1.807, 2.05) is 49.6 Å². The topological polar surface area (TPSA) is 101 Å². The van der Waals surface area contributed by atoms with Crippen LogP contribution in [0.1, 0.15) is 27.3 Å². The van der Waals surface area contributed by atoms with E-state index in [9.17, 15) is 13.2 Å². The van der Waals surface area contributed by atoms with Crippen LogP contribution < -0.4 is 9.88 Å². The number of carbonyl (C=O) groups excluding carboxylic acids is 1. The fourth-order valence-electron chi connectivity index (χ4n) is 3.23. The number of hydrogen-bond donors (Lipinski definition) is 1. The molecule has 0 atom stereocenters. The van der Waals surface area contributed by atoms with Crippen LogP contribution in [0.3, 0.4) is 0 Å². The number of primary sulfonamides is 1. The van der Waals surface area contributed by atoms with Gasteiger partial charge < -0.3 is 14.0 Å². The fraction of sp³-hybridized carbons (Fsp3) is 0.227. The van der Waals surface area contributed by atoms with Crippen LogP contribution in [0.25, 0.3) is 5.69 Å². The lowest BCUT2D eigenvalue weighted by atomic mass is 10.2. The van der Waals surface area contributed by atoms with Crippen LogP contribution in [0.15, 0.2) is 59.5 Å². The standard InChI is InChI=1S/C22H24N2O5S/c1-15-5-4-6-18(13-15)24-16(2)14-21(17(24)3)22(25)29-12-11-28-19-7-9-20(10-8-19)30(23,26)27/h4-10,13-14H,11-12H2,1-3H3,(H2,23,26,27). The third kappa shape index (κ3) is 4.90. The van der Waals surface area contributed by atoms with Gasteiger partial charge in [0.1, 0.15) is 19.0 Å². The number of benzene rings is 2. The number of aryl methyl sites for hydroxylation is 2. The lowest BCUT2D eigenvalue weighted by Crippen LogP contribution is -2.14. The zero-order valence-electron chi connectivity index (χ0n) is 17.1. The molecule has 0 aliphatic rings. The summed E-state index contributed by atoms with van der Waals surface area (Å²) in [6.07, 6.45) is 0. The maximum absolute atomic E-state index is 12.5. The molecule has 0 fully saturated rings. The third-order valence-corrected chi connectivity index (χ3v) is 5.58. The van der Waals surface area contributed by atoms with Crippen molar-refractivity contribution in [1.29, 1.82) is 0 Å². The second-order valence-corrected chi connectivity index (χ2v) is 8.52. The molecule has 30 heavy (non-hydrogen) atoms. The smallest absolute Gasteiger partial charge is 0.340 e. The maximum atomic E-state index is 12.5. The molecule has 1 heterocycles. The summed E-state index contributed by atoms with van der Waals surface area (Å²) in [5.41, 5.74) is 4.39. The second kappa shape index (κ2) is 8.73. The van der Waals surface area contributed by atoms with Crippen LogP contribution in [-0.4, -0.2) is 32.2 Å². The SMILES string of the molecule is Cc1cccc(-n2c(C)cc(C(=O)OCCOc3ccc(S(N)(=O)=O)cc3)c2C)c1. The Morgan fingerprint density at radius 2 is 1.70 bits per heavy atom. The van der Waals surface area contributed by atoms with E-state index in [0.29, 0.717) is 11.3 Å². The Bertz CT molecular complexity index is 1160. The summed E-state index contributed by atoms with van der Waals surface area (Å²) in [4.78, 5) is 12.5. The van der Waals surface area contributed by atoms with Crippen LogP contribution in [0.2, 0.25) is 0 Å². The Morgan fingerprint density at radius 1 is 1.00 bits per heavy atom. The Kier molecular flexibility index (Phi) is 6.28. The number of hydrogen-bond acceptors (Lipinski definition) is 5. The number of aromatic nitrogens is 1. The summed E-state index contributed by atoms with van der Waals surface area (Å²) in [5.74, 6) is 0.0336. The Hall–Kier alpha value is -3.10. The molecule has 2 N–H and O–H groups in total. The molecule has 0 aliphatic carbocycles. The van der Waals surface area contributed by atoms with Gasteiger partial charge in [0.2, 0.25) is 10.0 Å². The van der Waals surface area contributed by atoms with Crippen molar-refractivity contribution in [1.82, 2.24) is 4.57 Å². The molecule has 0 amide bonds. The molecule has 0 bridgehead atoms. The quantitative estimate of drug-likeness (QED) is 0.460. The van der Waals surface area contributed by atoms with E-state index in [1.165, 1.54) is 24.3 Å². The van der Waals surface area contributed by atoms with E-state index in [2.05, 4.69) is 6.07 Å². The fourth-order valence-corrected chi connectivity index (χ4v) is 3.75. The van der Waals surface area contributed by atoms with Crippen molar-refractivity contribution in [3.63, 3.8) is 0 Å². The molecular formula is C22H24N2O5S. The summed E-state index contributed by atoms with van der Waals surface area (Å²) in [6, 6.07) is 15.6. The lowest BCUT2D eigenvalue weighted by molar-refractivity contribution is 0.0449. The van der Waals surface area contributed by atoms with Gasteiger partial charge in [-0.2, -0.15) is 0 Å². The molecule has 0 unspecified atom stereocenters. The van der Waals surface area contributed by atoms with Gasteiger partial charge in [-0.1, -0.05) is 12.1 Å². The molecule has 0 saturated heterocycles. The van der Waals surface area contributed by atoms with Crippen LogP contribution >= 0.6 is 0 Å². The minimum absolute atomic E-state index is 0.00486. The summed E-state index contributed by atoms with van der Waals surface area (Å²) >= 11 is 0. The van der Waals surface area contributed by atoms with Crippen molar-refractivity contribution in [3.8, 4) is 11.4 Å². The first-order valence-corrected chi connectivity index (χ1v) is 10.9. The highest BCUT2D eigenvalue weighted by atomic mass is 32.2. The summed E-state index contributed by atoms with van der Waals surface area (Å²) in [6.45, 7) is 6.05. The highest BCUT2D eigenvalue weighted by Gasteiger charge is 2.18. The highest BCUT2D eigenvalue weighted by Crippen LogP contribution is 2.22. The number of carbonyl (C=O) groups is 1. The van der Waals surface area contributed by atoms with Crippen LogP contribution in [-0.2, 0) is 14.8 Å². The van der Waals surface area contributed by atoms with Gasteiger partial charge in [0.05, 0.1) is 10.5 Å². The van der Waals surface area contributed by atoms with Crippen LogP contribution in [0.4, 0.5) is 0 Å². The van der Waals surface area contributed by atoms with Crippen molar-refractivity contribution in [2.24, 2.45) is 5.14 Å². The molecule has 0 aliphatic heterocycles. The molecule has 3 rings (SSSR count). The third-order valence-electron chi connectivity index (χ3n) is 4.65. The molecule has 3 aromatic rings. The lowest BCUT2D eigenvalue weighted by Gasteiger charge is -2.11. The van der Waals surface area contributed by atoms with Gasteiger partial charge in [-0.15, -0.1) is 0 Å². The largest absolute Gasteiger partial charge is 0.490 e. The van der Waals surface area contributed by atoms with E-state index >= 15 is 0 Å². The second-order valence-electron chi connectivity index (χ2n) is 6.96. The van der Waals surface area contributed by atoms with Crippen molar-refractivity contribution in [3.05, 3.63) is 77.1 Å². The summed E-state index contributed by atoms with van der Waals surface area (Å²) in [7, 11) is -3.74. The minimum atomic E-state index is -3.74. The van der Waals surface area contributed by atoms with E-state index in [4.69, 9.17) is 14.6 Å². The number of nitrogens with zero attached hydrogens (tertiary/aromatic N) is 1. The van der Waals surface area contributed by atoms with Gasteiger partial charge in [-0.25, -0.2) is 18.4 Å². The Balaban J connectivity index is 1.60.